The Morgan fingerprint density at radius 3 is 2.80 bits per heavy atom. The monoisotopic (exact) mass is 281 g/mol. The molecular formula is C13H23N5O2. The number of hydrogen-bond donors (Lipinski definition) is 1. The Kier molecular flexibility index (Phi) is 4.94. The van der Waals surface area contributed by atoms with E-state index in [0.29, 0.717) is 31.1 Å². The highest BCUT2D eigenvalue weighted by Crippen LogP contribution is 2.21. The highest BCUT2D eigenvalue weighted by molar-refractivity contribution is 5.39. The zero-order valence-electron chi connectivity index (χ0n) is 12.6. The molecule has 112 valence electrons. The number of nitrogens with zero attached hydrogens (tertiary/aromatic N) is 4. The summed E-state index contributed by atoms with van der Waals surface area (Å²) in [5.41, 5.74) is 0. The maximum Gasteiger partial charge on any atom is 0.323 e. The Hall–Kier alpha value is -1.63. The fourth-order valence-electron chi connectivity index (χ4n) is 2.09. The zero-order valence-corrected chi connectivity index (χ0v) is 12.6. The lowest BCUT2D eigenvalue weighted by molar-refractivity contribution is 0.0336. The summed E-state index contributed by atoms with van der Waals surface area (Å²) in [6.07, 6.45) is 0.168. The van der Waals surface area contributed by atoms with Crippen molar-refractivity contribution >= 4 is 11.9 Å². The van der Waals surface area contributed by atoms with Gasteiger partial charge in [-0.1, -0.05) is 0 Å². The first-order chi connectivity index (χ1) is 9.63. The molecule has 7 nitrogen and oxygen atoms in total. The number of aromatic nitrogens is 3. The number of anilines is 2. The number of rotatable bonds is 5. The normalized spacial score (nSPS) is 22.7. The van der Waals surface area contributed by atoms with Crippen molar-refractivity contribution in [2.75, 3.05) is 36.5 Å². The summed E-state index contributed by atoms with van der Waals surface area (Å²) in [6, 6.07) is 0.595. The molecule has 0 radical (unpaired) electrons. The molecule has 0 saturated carbocycles. The number of hydrogen-bond acceptors (Lipinski definition) is 7. The minimum Gasteiger partial charge on any atom is -0.464 e. The molecule has 1 N–H and O–H groups in total. The van der Waals surface area contributed by atoms with E-state index in [0.717, 1.165) is 13.1 Å². The van der Waals surface area contributed by atoms with E-state index in [9.17, 15) is 0 Å². The summed E-state index contributed by atoms with van der Waals surface area (Å²) >= 11 is 0. The Labute approximate surface area is 119 Å². The van der Waals surface area contributed by atoms with Gasteiger partial charge in [0.1, 0.15) is 0 Å². The van der Waals surface area contributed by atoms with Crippen molar-refractivity contribution in [2.24, 2.45) is 0 Å². The van der Waals surface area contributed by atoms with E-state index >= 15 is 0 Å². The van der Waals surface area contributed by atoms with Gasteiger partial charge < -0.3 is 19.7 Å². The van der Waals surface area contributed by atoms with Crippen molar-refractivity contribution in [3.05, 3.63) is 0 Å². The standard InChI is InChI=1S/C13H23N5O2/c1-5-14-11-15-12(17-13(16-11)19-6-2)18-7-10(4)20-8-9(18)3/h9-10H,5-8H2,1-4H3,(H,14,15,16,17). The molecule has 2 heterocycles. The second-order valence-corrected chi connectivity index (χ2v) is 4.85. The molecule has 0 aliphatic carbocycles. The lowest BCUT2D eigenvalue weighted by atomic mass is 10.2. The molecular weight excluding hydrogens is 258 g/mol. The van der Waals surface area contributed by atoms with Gasteiger partial charge in [0.2, 0.25) is 11.9 Å². The van der Waals surface area contributed by atoms with E-state index in [2.05, 4.69) is 39.0 Å². The van der Waals surface area contributed by atoms with E-state index in [1.165, 1.54) is 0 Å². The summed E-state index contributed by atoms with van der Waals surface area (Å²) < 4.78 is 11.1. The van der Waals surface area contributed by atoms with Crippen LogP contribution in [0, 0.1) is 0 Å². The second-order valence-electron chi connectivity index (χ2n) is 4.85. The predicted octanol–water partition coefficient (Wildman–Crippen LogP) is 1.32. The van der Waals surface area contributed by atoms with Crippen LogP contribution in [0.5, 0.6) is 6.01 Å². The van der Waals surface area contributed by atoms with Gasteiger partial charge in [-0.05, 0) is 27.7 Å². The van der Waals surface area contributed by atoms with Crippen LogP contribution in [-0.2, 0) is 4.74 Å². The first-order valence-electron chi connectivity index (χ1n) is 7.15. The summed E-state index contributed by atoms with van der Waals surface area (Å²) in [5.74, 6) is 1.19. The molecule has 0 amide bonds. The van der Waals surface area contributed by atoms with E-state index in [-0.39, 0.29) is 12.1 Å². The van der Waals surface area contributed by atoms with Crippen LogP contribution in [0.3, 0.4) is 0 Å². The number of nitrogens with one attached hydrogen (secondary N) is 1. The molecule has 0 bridgehead atoms. The fraction of sp³-hybridized carbons (Fsp3) is 0.769. The molecule has 0 spiro atoms. The van der Waals surface area contributed by atoms with Crippen LogP contribution in [0.2, 0.25) is 0 Å². The Bertz CT molecular complexity index is 419. The zero-order chi connectivity index (χ0) is 14.5. The first-order valence-corrected chi connectivity index (χ1v) is 7.15. The molecule has 20 heavy (non-hydrogen) atoms. The maximum atomic E-state index is 5.64. The highest BCUT2D eigenvalue weighted by atomic mass is 16.5. The lowest BCUT2D eigenvalue weighted by Gasteiger charge is -2.36. The van der Waals surface area contributed by atoms with Crippen LogP contribution in [0.15, 0.2) is 0 Å². The van der Waals surface area contributed by atoms with Crippen LogP contribution in [0.4, 0.5) is 11.9 Å². The van der Waals surface area contributed by atoms with Crippen LogP contribution < -0.4 is 15.0 Å². The molecule has 2 unspecified atom stereocenters. The fourth-order valence-corrected chi connectivity index (χ4v) is 2.09. The molecule has 1 aromatic rings. The van der Waals surface area contributed by atoms with Gasteiger partial charge in [0, 0.05) is 13.1 Å². The molecule has 2 rings (SSSR count). The van der Waals surface area contributed by atoms with Crippen molar-refractivity contribution in [3.63, 3.8) is 0 Å². The summed E-state index contributed by atoms with van der Waals surface area (Å²) in [4.78, 5) is 15.2. The molecule has 1 aliphatic heterocycles. The van der Waals surface area contributed by atoms with Crippen molar-refractivity contribution in [1.82, 2.24) is 15.0 Å². The molecule has 1 aromatic heterocycles. The lowest BCUT2D eigenvalue weighted by Crippen LogP contribution is -2.48. The molecule has 2 atom stereocenters. The Balaban J connectivity index is 2.28. The number of ether oxygens (including phenoxy) is 2. The quantitative estimate of drug-likeness (QED) is 0.872. The average Bonchev–Trinajstić information content (AvgIpc) is 2.42. The second kappa shape index (κ2) is 6.69. The largest absolute Gasteiger partial charge is 0.464 e. The van der Waals surface area contributed by atoms with E-state index in [4.69, 9.17) is 9.47 Å². The van der Waals surface area contributed by atoms with E-state index in [1.807, 2.05) is 13.8 Å². The maximum absolute atomic E-state index is 5.64. The Morgan fingerprint density at radius 2 is 2.10 bits per heavy atom. The van der Waals surface area contributed by atoms with Crippen molar-refractivity contribution in [1.29, 1.82) is 0 Å². The minimum absolute atomic E-state index is 0.168. The van der Waals surface area contributed by atoms with Crippen molar-refractivity contribution in [3.8, 4) is 6.01 Å². The van der Waals surface area contributed by atoms with Gasteiger partial charge >= 0.3 is 6.01 Å². The van der Waals surface area contributed by atoms with E-state index < -0.39 is 0 Å². The van der Waals surface area contributed by atoms with Gasteiger partial charge in [-0.15, -0.1) is 0 Å². The van der Waals surface area contributed by atoms with Gasteiger partial charge in [0.15, 0.2) is 0 Å². The topological polar surface area (TPSA) is 72.4 Å². The number of morpholine rings is 1. The van der Waals surface area contributed by atoms with Gasteiger partial charge in [-0.2, -0.15) is 15.0 Å². The SMILES string of the molecule is CCNc1nc(OCC)nc(N2CC(C)OCC2C)n1. The molecule has 1 aliphatic rings. The molecule has 1 fully saturated rings. The molecule has 1 saturated heterocycles. The molecule has 0 aromatic carbocycles. The van der Waals surface area contributed by atoms with Crippen LogP contribution in [-0.4, -0.2) is 53.4 Å². The van der Waals surface area contributed by atoms with E-state index in [1.54, 1.807) is 0 Å². The summed E-state index contributed by atoms with van der Waals surface area (Å²) in [6.45, 7) is 10.8. The van der Waals surface area contributed by atoms with Gasteiger partial charge in [-0.3, -0.25) is 0 Å². The predicted molar refractivity (Wildman–Crippen MR) is 77.4 cm³/mol. The average molecular weight is 281 g/mol. The third-order valence-electron chi connectivity index (χ3n) is 3.08. The summed E-state index contributed by atoms with van der Waals surface area (Å²) in [7, 11) is 0. The van der Waals surface area contributed by atoms with Crippen molar-refractivity contribution < 1.29 is 9.47 Å². The smallest absolute Gasteiger partial charge is 0.323 e. The third kappa shape index (κ3) is 3.47. The first kappa shape index (κ1) is 14.8. The summed E-state index contributed by atoms with van der Waals surface area (Å²) in [5, 5.41) is 3.11. The van der Waals surface area contributed by atoms with Gasteiger partial charge in [-0.25, -0.2) is 0 Å². The van der Waals surface area contributed by atoms with Gasteiger partial charge in [0.25, 0.3) is 0 Å². The van der Waals surface area contributed by atoms with Gasteiger partial charge in [0.05, 0.1) is 25.4 Å². The van der Waals surface area contributed by atoms with Crippen LogP contribution in [0.1, 0.15) is 27.7 Å². The Morgan fingerprint density at radius 1 is 1.30 bits per heavy atom. The van der Waals surface area contributed by atoms with Crippen molar-refractivity contribution in [2.45, 2.75) is 39.8 Å². The molecule has 7 heteroatoms. The van der Waals surface area contributed by atoms with Crippen LogP contribution >= 0.6 is 0 Å². The minimum atomic E-state index is 0.168. The van der Waals surface area contributed by atoms with Crippen LogP contribution in [0.25, 0.3) is 0 Å². The highest BCUT2D eigenvalue weighted by Gasteiger charge is 2.26. The third-order valence-corrected chi connectivity index (χ3v) is 3.08.